The second-order valence-electron chi connectivity index (χ2n) is 6.85. The minimum Gasteiger partial charge on any atom is -0.493 e. The number of carbonyl (C=O) groups excluding carboxylic acids is 1. The van der Waals surface area contributed by atoms with Crippen LogP contribution in [0.5, 0.6) is 11.5 Å². The van der Waals surface area contributed by atoms with Gasteiger partial charge >= 0.3 is 12.1 Å². The van der Waals surface area contributed by atoms with Crippen molar-refractivity contribution in [1.82, 2.24) is 0 Å². The number of benzene rings is 3. The Kier molecular flexibility index (Phi) is 6.40. The number of nitrogens with zero attached hydrogens (tertiary/aromatic N) is 1. The first kappa shape index (κ1) is 22.8. The van der Waals surface area contributed by atoms with Gasteiger partial charge < -0.3 is 9.47 Å². The van der Waals surface area contributed by atoms with Crippen LogP contribution in [0.3, 0.4) is 0 Å². The molecule has 0 radical (unpaired) electrons. The van der Waals surface area contributed by atoms with Crippen LogP contribution in [0.25, 0.3) is 10.1 Å². The van der Waals surface area contributed by atoms with Gasteiger partial charge in [0.15, 0.2) is 11.5 Å². The molecule has 0 saturated carbocycles. The van der Waals surface area contributed by atoms with E-state index in [0.717, 1.165) is 22.2 Å². The van der Waals surface area contributed by atoms with Crippen molar-refractivity contribution in [2.24, 2.45) is 4.99 Å². The number of halogens is 4. The molecule has 4 aromatic rings. The molecule has 33 heavy (non-hydrogen) atoms. The predicted octanol–water partition coefficient (Wildman–Crippen LogP) is 7.55. The largest absolute Gasteiger partial charge is 0.493 e. The highest BCUT2D eigenvalue weighted by atomic mass is 35.5. The summed E-state index contributed by atoms with van der Waals surface area (Å²) in [5.41, 5.74) is -0.0838. The number of carbonyl (C=O) groups is 1. The maximum atomic E-state index is 12.9. The third-order valence-electron chi connectivity index (χ3n) is 4.65. The van der Waals surface area contributed by atoms with Gasteiger partial charge in [-0.15, -0.1) is 11.3 Å². The molecule has 4 rings (SSSR count). The second-order valence-corrected chi connectivity index (χ2v) is 8.28. The molecule has 0 unspecified atom stereocenters. The smallest absolute Gasteiger partial charge is 0.416 e. The molecule has 1 heterocycles. The number of methoxy groups -OCH3 is 1. The van der Waals surface area contributed by atoms with Gasteiger partial charge in [-0.05, 0) is 48.0 Å². The summed E-state index contributed by atoms with van der Waals surface area (Å²) in [5.74, 6) is -0.189. The van der Waals surface area contributed by atoms with Crippen molar-refractivity contribution in [2.45, 2.75) is 6.18 Å². The topological polar surface area (TPSA) is 47.9 Å². The lowest BCUT2D eigenvalue weighted by molar-refractivity contribution is -0.137. The Morgan fingerprint density at radius 2 is 1.82 bits per heavy atom. The van der Waals surface area contributed by atoms with Crippen molar-refractivity contribution >= 4 is 50.9 Å². The Hall–Kier alpha value is -3.36. The molecule has 4 nitrogen and oxygen atoms in total. The molecule has 0 aliphatic heterocycles. The van der Waals surface area contributed by atoms with E-state index in [2.05, 4.69) is 4.99 Å². The van der Waals surface area contributed by atoms with Crippen LogP contribution in [0, 0.1) is 0 Å². The standard InChI is InChI=1S/C24H15ClF3NO3S/c1-31-19-11-14(13-29-16-6-4-5-15(12-16)24(26,27)28)9-10-18(19)32-23(30)22-21(25)17-7-2-3-8-20(17)33-22/h2-13H,1H3. The molecule has 0 aliphatic rings. The van der Waals surface area contributed by atoms with E-state index in [1.807, 2.05) is 24.3 Å². The Balaban J connectivity index is 1.55. The van der Waals surface area contributed by atoms with Crippen molar-refractivity contribution in [2.75, 3.05) is 7.11 Å². The molecule has 0 aliphatic carbocycles. The van der Waals surface area contributed by atoms with Gasteiger partial charge in [-0.1, -0.05) is 35.9 Å². The van der Waals surface area contributed by atoms with Crippen molar-refractivity contribution in [3.05, 3.63) is 87.8 Å². The molecule has 0 amide bonds. The van der Waals surface area contributed by atoms with Crippen LogP contribution >= 0.6 is 22.9 Å². The highest BCUT2D eigenvalue weighted by molar-refractivity contribution is 7.21. The summed E-state index contributed by atoms with van der Waals surface area (Å²) in [5, 5.41) is 1.09. The van der Waals surface area contributed by atoms with E-state index >= 15 is 0 Å². The number of thiophene rings is 1. The number of esters is 1. The minimum atomic E-state index is -4.45. The number of fused-ring (bicyclic) bond motifs is 1. The van der Waals surface area contributed by atoms with Gasteiger partial charge in [-0.3, -0.25) is 4.99 Å². The van der Waals surface area contributed by atoms with Crippen molar-refractivity contribution < 1.29 is 27.4 Å². The summed E-state index contributed by atoms with van der Waals surface area (Å²) in [6, 6.07) is 16.8. The highest BCUT2D eigenvalue weighted by Gasteiger charge is 2.30. The zero-order valence-corrected chi connectivity index (χ0v) is 18.6. The van der Waals surface area contributed by atoms with Crippen LogP contribution in [0.1, 0.15) is 20.8 Å². The molecule has 0 atom stereocenters. The first-order valence-electron chi connectivity index (χ1n) is 9.55. The second kappa shape index (κ2) is 9.25. The summed E-state index contributed by atoms with van der Waals surface area (Å²) in [6.45, 7) is 0. The molecule has 0 fully saturated rings. The average molecular weight is 490 g/mol. The number of rotatable bonds is 5. The van der Waals surface area contributed by atoms with E-state index in [9.17, 15) is 18.0 Å². The molecule has 0 N–H and O–H groups in total. The maximum Gasteiger partial charge on any atom is 0.416 e. The first-order valence-corrected chi connectivity index (χ1v) is 10.7. The van der Waals surface area contributed by atoms with Gasteiger partial charge in [0.05, 0.1) is 23.4 Å². The zero-order chi connectivity index (χ0) is 23.6. The quantitative estimate of drug-likeness (QED) is 0.165. The molecule has 0 bridgehead atoms. The van der Waals surface area contributed by atoms with Gasteiger partial charge in [0.2, 0.25) is 0 Å². The predicted molar refractivity (Wildman–Crippen MR) is 123 cm³/mol. The Labute approximate surface area is 195 Å². The number of alkyl halides is 3. The fourth-order valence-electron chi connectivity index (χ4n) is 3.05. The molecule has 0 saturated heterocycles. The first-order chi connectivity index (χ1) is 15.8. The summed E-state index contributed by atoms with van der Waals surface area (Å²) < 4.78 is 50.3. The van der Waals surface area contributed by atoms with Gasteiger partial charge in [0.25, 0.3) is 0 Å². The fraction of sp³-hybridized carbons (Fsp3) is 0.0833. The van der Waals surface area contributed by atoms with Crippen LogP contribution in [0.2, 0.25) is 5.02 Å². The maximum absolute atomic E-state index is 12.9. The Morgan fingerprint density at radius 3 is 2.55 bits per heavy atom. The van der Waals surface area contributed by atoms with Crippen LogP contribution in [-0.2, 0) is 6.18 Å². The van der Waals surface area contributed by atoms with Gasteiger partial charge in [0, 0.05) is 16.3 Å². The minimum absolute atomic E-state index is 0.152. The third kappa shape index (κ3) is 5.02. The van der Waals surface area contributed by atoms with E-state index < -0.39 is 17.7 Å². The number of hydrogen-bond acceptors (Lipinski definition) is 5. The lowest BCUT2D eigenvalue weighted by Gasteiger charge is -2.09. The normalized spacial score (nSPS) is 11.8. The van der Waals surface area contributed by atoms with E-state index in [1.54, 1.807) is 12.1 Å². The molecule has 1 aromatic heterocycles. The van der Waals surface area contributed by atoms with Gasteiger partial charge in [-0.25, -0.2) is 4.79 Å². The molecule has 9 heteroatoms. The fourth-order valence-corrected chi connectivity index (χ4v) is 4.44. The molecule has 3 aromatic carbocycles. The SMILES string of the molecule is COc1cc(C=Nc2cccc(C(F)(F)F)c2)ccc1OC(=O)c1sc2ccccc2c1Cl. The lowest BCUT2D eigenvalue weighted by atomic mass is 10.2. The van der Waals surface area contributed by atoms with E-state index in [0.29, 0.717) is 10.6 Å². The van der Waals surface area contributed by atoms with Crippen LogP contribution in [0.15, 0.2) is 71.7 Å². The molecule has 168 valence electrons. The molecular weight excluding hydrogens is 475 g/mol. The average Bonchev–Trinajstić information content (AvgIpc) is 3.15. The molecule has 0 spiro atoms. The summed E-state index contributed by atoms with van der Waals surface area (Å²) >= 11 is 7.57. The summed E-state index contributed by atoms with van der Waals surface area (Å²) in [4.78, 5) is 17.1. The number of hydrogen-bond donors (Lipinski definition) is 0. The van der Waals surface area contributed by atoms with E-state index in [4.69, 9.17) is 21.1 Å². The van der Waals surface area contributed by atoms with Crippen molar-refractivity contribution in [1.29, 1.82) is 0 Å². The van der Waals surface area contributed by atoms with Gasteiger partial charge in [-0.2, -0.15) is 13.2 Å². The molecular formula is C24H15ClF3NO3S. The van der Waals surface area contributed by atoms with Crippen molar-refractivity contribution in [3.8, 4) is 11.5 Å². The highest BCUT2D eigenvalue weighted by Crippen LogP contribution is 2.37. The Morgan fingerprint density at radius 1 is 1.03 bits per heavy atom. The van der Waals surface area contributed by atoms with Crippen LogP contribution < -0.4 is 9.47 Å². The summed E-state index contributed by atoms with van der Waals surface area (Å²) in [6.07, 6.45) is -3.05. The zero-order valence-electron chi connectivity index (χ0n) is 17.0. The lowest BCUT2D eigenvalue weighted by Crippen LogP contribution is -2.08. The Bertz CT molecular complexity index is 1360. The third-order valence-corrected chi connectivity index (χ3v) is 6.30. The van der Waals surface area contributed by atoms with Gasteiger partial charge in [0.1, 0.15) is 4.88 Å². The van der Waals surface area contributed by atoms with Crippen LogP contribution in [-0.4, -0.2) is 19.3 Å². The van der Waals surface area contributed by atoms with E-state index in [1.165, 1.54) is 42.9 Å². The van der Waals surface area contributed by atoms with Crippen molar-refractivity contribution in [3.63, 3.8) is 0 Å². The number of aliphatic imine (C=N–C) groups is 1. The number of ether oxygens (including phenoxy) is 2. The monoisotopic (exact) mass is 489 g/mol. The summed E-state index contributed by atoms with van der Waals surface area (Å²) in [7, 11) is 1.41. The van der Waals surface area contributed by atoms with E-state index in [-0.39, 0.29) is 22.1 Å². The van der Waals surface area contributed by atoms with Crippen LogP contribution in [0.4, 0.5) is 18.9 Å².